The third-order valence-corrected chi connectivity index (χ3v) is 2.94. The lowest BCUT2D eigenvalue weighted by molar-refractivity contribution is 0.242. The number of aromatic nitrogens is 1. The molecule has 0 spiro atoms. The molecule has 3 N–H and O–H groups in total. The molecule has 6 nitrogen and oxygen atoms in total. The molecular weight excluding hydrogens is 292 g/mol. The molecule has 0 saturated heterocycles. The van der Waals surface area contributed by atoms with Crippen LogP contribution in [-0.4, -0.2) is 24.2 Å². The number of aliphatic imine (C=N–C) groups is 1. The lowest BCUT2D eigenvalue weighted by atomic mass is 10.3. The summed E-state index contributed by atoms with van der Waals surface area (Å²) in [5.74, 6) is 1.75. The number of benzene rings is 1. The predicted molar refractivity (Wildman–Crippen MR) is 91.9 cm³/mol. The number of nitrogens with two attached hydrogens (primary N) is 1. The molecule has 1 heterocycles. The number of pyridine rings is 1. The van der Waals surface area contributed by atoms with Gasteiger partial charge in [0.15, 0.2) is 5.96 Å². The molecule has 0 aliphatic heterocycles. The minimum atomic E-state index is 0.151. The van der Waals surface area contributed by atoms with Crippen molar-refractivity contribution < 1.29 is 9.47 Å². The van der Waals surface area contributed by atoms with Crippen molar-refractivity contribution in [1.29, 1.82) is 0 Å². The maximum absolute atomic E-state index is 5.89. The molecule has 0 amide bonds. The molecule has 0 aliphatic rings. The molecule has 0 fully saturated rings. The Kier molecular flexibility index (Phi) is 5.80. The lowest BCUT2D eigenvalue weighted by Crippen LogP contribution is -2.22. The first-order chi connectivity index (χ1) is 11.1. The number of guanidine groups is 1. The van der Waals surface area contributed by atoms with Gasteiger partial charge >= 0.3 is 0 Å². The SMILES string of the molecule is COc1ccc(CN=C(N)Nc2ccc(OC(C)C)cc2)cn1. The minimum Gasteiger partial charge on any atom is -0.491 e. The number of anilines is 1. The van der Waals surface area contributed by atoms with E-state index in [1.165, 1.54) is 0 Å². The second-order valence-corrected chi connectivity index (χ2v) is 5.23. The Labute approximate surface area is 136 Å². The first-order valence-corrected chi connectivity index (χ1v) is 7.39. The summed E-state index contributed by atoms with van der Waals surface area (Å²) >= 11 is 0. The van der Waals surface area contributed by atoms with Crippen molar-refractivity contribution in [3.63, 3.8) is 0 Å². The highest BCUT2D eigenvalue weighted by molar-refractivity contribution is 5.92. The number of rotatable bonds is 6. The van der Waals surface area contributed by atoms with Gasteiger partial charge in [-0.15, -0.1) is 0 Å². The Hall–Kier alpha value is -2.76. The van der Waals surface area contributed by atoms with Crippen LogP contribution in [0.5, 0.6) is 11.6 Å². The van der Waals surface area contributed by atoms with E-state index >= 15 is 0 Å². The Morgan fingerprint density at radius 3 is 2.52 bits per heavy atom. The van der Waals surface area contributed by atoms with Crippen LogP contribution in [0.2, 0.25) is 0 Å². The van der Waals surface area contributed by atoms with Crippen LogP contribution in [0.1, 0.15) is 19.4 Å². The number of methoxy groups -OCH3 is 1. The maximum atomic E-state index is 5.89. The van der Waals surface area contributed by atoms with Gasteiger partial charge in [-0.2, -0.15) is 0 Å². The Morgan fingerprint density at radius 1 is 1.22 bits per heavy atom. The maximum Gasteiger partial charge on any atom is 0.212 e. The summed E-state index contributed by atoms with van der Waals surface area (Å²) in [7, 11) is 1.58. The minimum absolute atomic E-state index is 0.151. The summed E-state index contributed by atoms with van der Waals surface area (Å²) in [6.45, 7) is 4.43. The fourth-order valence-electron chi connectivity index (χ4n) is 1.88. The van der Waals surface area contributed by atoms with Crippen LogP contribution in [0.3, 0.4) is 0 Å². The highest BCUT2D eigenvalue weighted by Gasteiger charge is 2.00. The Bertz CT molecular complexity index is 637. The summed E-state index contributed by atoms with van der Waals surface area (Å²) in [4.78, 5) is 8.41. The van der Waals surface area contributed by atoms with E-state index in [0.717, 1.165) is 17.0 Å². The number of ether oxygens (including phenoxy) is 2. The van der Waals surface area contributed by atoms with E-state index in [2.05, 4.69) is 15.3 Å². The van der Waals surface area contributed by atoms with Crippen molar-refractivity contribution >= 4 is 11.6 Å². The molecule has 1 aromatic carbocycles. The van der Waals surface area contributed by atoms with Crippen LogP contribution in [0.4, 0.5) is 5.69 Å². The molecule has 0 radical (unpaired) electrons. The highest BCUT2D eigenvalue weighted by atomic mass is 16.5. The molecular formula is C17H22N4O2. The van der Waals surface area contributed by atoms with Crippen molar-refractivity contribution in [3.05, 3.63) is 48.2 Å². The topological polar surface area (TPSA) is 81.8 Å². The molecule has 122 valence electrons. The van der Waals surface area contributed by atoms with Gasteiger partial charge in [-0.3, -0.25) is 0 Å². The van der Waals surface area contributed by atoms with Gasteiger partial charge in [-0.05, 0) is 43.7 Å². The molecule has 2 aromatic rings. The van der Waals surface area contributed by atoms with Gasteiger partial charge in [-0.25, -0.2) is 9.98 Å². The fraction of sp³-hybridized carbons (Fsp3) is 0.294. The van der Waals surface area contributed by atoms with E-state index in [-0.39, 0.29) is 6.10 Å². The number of nitrogens with zero attached hydrogens (tertiary/aromatic N) is 2. The second kappa shape index (κ2) is 8.03. The molecule has 0 saturated carbocycles. The van der Waals surface area contributed by atoms with E-state index in [4.69, 9.17) is 15.2 Å². The normalized spacial score (nSPS) is 11.4. The standard InChI is InChI=1S/C17H22N4O2/c1-12(2)23-15-7-5-14(6-8-15)21-17(18)20-11-13-4-9-16(22-3)19-10-13/h4-10,12H,11H2,1-3H3,(H3,18,20,21). The number of hydrogen-bond acceptors (Lipinski definition) is 4. The van der Waals surface area contributed by atoms with Crippen molar-refractivity contribution in [2.75, 3.05) is 12.4 Å². The van der Waals surface area contributed by atoms with E-state index in [1.54, 1.807) is 19.4 Å². The molecule has 2 rings (SSSR count). The first-order valence-electron chi connectivity index (χ1n) is 7.39. The fourth-order valence-corrected chi connectivity index (χ4v) is 1.88. The molecule has 0 aliphatic carbocycles. The third-order valence-electron chi connectivity index (χ3n) is 2.94. The van der Waals surface area contributed by atoms with Gasteiger partial charge in [0.2, 0.25) is 5.88 Å². The first kappa shape index (κ1) is 16.6. The Balaban J connectivity index is 1.90. The van der Waals surface area contributed by atoms with Crippen LogP contribution < -0.4 is 20.5 Å². The van der Waals surface area contributed by atoms with Crippen molar-refractivity contribution in [2.45, 2.75) is 26.5 Å². The highest BCUT2D eigenvalue weighted by Crippen LogP contribution is 2.16. The van der Waals surface area contributed by atoms with Crippen LogP contribution in [0, 0.1) is 0 Å². The smallest absolute Gasteiger partial charge is 0.212 e. The molecule has 23 heavy (non-hydrogen) atoms. The molecule has 0 atom stereocenters. The molecule has 0 bridgehead atoms. The van der Waals surface area contributed by atoms with Crippen LogP contribution >= 0.6 is 0 Å². The van der Waals surface area contributed by atoms with Crippen LogP contribution in [0.15, 0.2) is 47.6 Å². The number of hydrogen-bond donors (Lipinski definition) is 2. The van der Waals surface area contributed by atoms with Gasteiger partial charge in [0.1, 0.15) is 5.75 Å². The van der Waals surface area contributed by atoms with E-state index < -0.39 is 0 Å². The van der Waals surface area contributed by atoms with Crippen molar-refractivity contribution in [1.82, 2.24) is 4.98 Å². The molecule has 6 heteroatoms. The number of nitrogens with one attached hydrogen (secondary N) is 1. The largest absolute Gasteiger partial charge is 0.491 e. The predicted octanol–water partition coefficient (Wildman–Crippen LogP) is 2.80. The van der Waals surface area contributed by atoms with Gasteiger partial charge in [-0.1, -0.05) is 6.07 Å². The van der Waals surface area contributed by atoms with Crippen molar-refractivity contribution in [3.8, 4) is 11.6 Å². The molecule has 1 aromatic heterocycles. The van der Waals surface area contributed by atoms with Crippen LogP contribution in [0.25, 0.3) is 0 Å². The second-order valence-electron chi connectivity index (χ2n) is 5.23. The summed E-state index contributed by atoms with van der Waals surface area (Å²) in [5, 5.41) is 3.04. The molecule has 0 unspecified atom stereocenters. The zero-order chi connectivity index (χ0) is 16.7. The average molecular weight is 314 g/mol. The summed E-state index contributed by atoms with van der Waals surface area (Å²) in [5.41, 5.74) is 7.70. The summed E-state index contributed by atoms with van der Waals surface area (Å²) in [6.07, 6.45) is 1.87. The van der Waals surface area contributed by atoms with Crippen molar-refractivity contribution in [2.24, 2.45) is 10.7 Å². The van der Waals surface area contributed by atoms with Gasteiger partial charge < -0.3 is 20.5 Å². The quantitative estimate of drug-likeness (QED) is 0.633. The van der Waals surface area contributed by atoms with E-state index in [9.17, 15) is 0 Å². The monoisotopic (exact) mass is 314 g/mol. The zero-order valence-electron chi connectivity index (χ0n) is 13.6. The summed E-state index contributed by atoms with van der Waals surface area (Å²) in [6, 6.07) is 11.3. The van der Waals surface area contributed by atoms with Crippen LogP contribution in [-0.2, 0) is 6.54 Å². The van der Waals surface area contributed by atoms with E-state index in [0.29, 0.717) is 18.4 Å². The van der Waals surface area contributed by atoms with E-state index in [1.807, 2.05) is 44.2 Å². The lowest BCUT2D eigenvalue weighted by Gasteiger charge is -2.11. The average Bonchev–Trinajstić information content (AvgIpc) is 2.55. The summed E-state index contributed by atoms with van der Waals surface area (Å²) < 4.78 is 10.6. The third kappa shape index (κ3) is 5.50. The van der Waals surface area contributed by atoms with Gasteiger partial charge in [0.05, 0.1) is 19.8 Å². The van der Waals surface area contributed by atoms with Gasteiger partial charge in [0, 0.05) is 18.0 Å². The Morgan fingerprint density at radius 2 is 1.96 bits per heavy atom. The zero-order valence-corrected chi connectivity index (χ0v) is 13.6. The van der Waals surface area contributed by atoms with Gasteiger partial charge in [0.25, 0.3) is 0 Å².